The van der Waals surface area contributed by atoms with E-state index in [4.69, 9.17) is 19.2 Å². The van der Waals surface area contributed by atoms with Gasteiger partial charge in [0.15, 0.2) is 11.5 Å². The molecule has 0 N–H and O–H groups in total. The first-order valence-corrected chi connectivity index (χ1v) is 9.76. The summed E-state index contributed by atoms with van der Waals surface area (Å²) < 4.78 is 55.4. The molecule has 31 heavy (non-hydrogen) atoms. The van der Waals surface area contributed by atoms with Crippen LogP contribution in [0.25, 0.3) is 11.3 Å². The maximum atomic E-state index is 13.0. The van der Waals surface area contributed by atoms with Gasteiger partial charge < -0.3 is 24.0 Å². The van der Waals surface area contributed by atoms with Crippen LogP contribution in [0.1, 0.15) is 15.9 Å². The zero-order chi connectivity index (χ0) is 22.2. The number of para-hydroxylation sites is 1. The maximum absolute atomic E-state index is 13.0. The van der Waals surface area contributed by atoms with Gasteiger partial charge in [-0.25, -0.2) is 4.98 Å². The van der Waals surface area contributed by atoms with E-state index in [0.29, 0.717) is 60.4 Å². The van der Waals surface area contributed by atoms with E-state index in [0.717, 1.165) is 4.90 Å². The predicted octanol–water partition coefficient (Wildman–Crippen LogP) is 3.12. The van der Waals surface area contributed by atoms with Gasteiger partial charge in [0.25, 0.3) is 5.91 Å². The Hall–Kier alpha value is -3.01. The average molecular weight is 437 g/mol. The van der Waals surface area contributed by atoms with Gasteiger partial charge >= 0.3 is 6.18 Å². The van der Waals surface area contributed by atoms with Crippen molar-refractivity contribution in [3.63, 3.8) is 0 Å². The van der Waals surface area contributed by atoms with Gasteiger partial charge in [-0.05, 0) is 18.2 Å². The second-order valence-corrected chi connectivity index (χ2v) is 7.27. The van der Waals surface area contributed by atoms with E-state index in [-0.39, 0.29) is 12.1 Å². The van der Waals surface area contributed by atoms with Crippen molar-refractivity contribution in [3.05, 3.63) is 35.4 Å². The zero-order valence-electron chi connectivity index (χ0n) is 17.2. The number of hydrogen-bond acceptors (Lipinski definition) is 6. The Morgan fingerprint density at radius 3 is 2.52 bits per heavy atom. The molecule has 1 aromatic carbocycles. The lowest BCUT2D eigenvalue weighted by atomic mass is 10.0. The number of morpholine rings is 1. The Balaban J connectivity index is 1.87. The first-order valence-electron chi connectivity index (χ1n) is 9.76. The Kier molecular flexibility index (Phi) is 5.65. The Morgan fingerprint density at radius 2 is 1.87 bits per heavy atom. The van der Waals surface area contributed by atoms with Crippen LogP contribution in [0.15, 0.2) is 24.3 Å². The summed E-state index contributed by atoms with van der Waals surface area (Å²) in [4.78, 5) is 20.4. The SMILES string of the molecule is COc1cccc(-c2nc(N3CCOCC3)cc3c2CN(CC(F)(F)F)C3=O)c1OC. The number of aromatic nitrogens is 1. The highest BCUT2D eigenvalue weighted by atomic mass is 19.4. The standard InChI is InChI=1S/C21H22F3N3O4/c1-29-16-5-3-4-13(19(16)30-2)18-15-11-27(12-21(22,23)24)20(28)14(15)10-17(25-18)26-6-8-31-9-7-26/h3-5,10H,6-9,11-12H2,1-2H3. The van der Waals surface area contributed by atoms with Gasteiger partial charge in [0.2, 0.25) is 0 Å². The molecule has 0 saturated carbocycles. The van der Waals surface area contributed by atoms with Gasteiger partial charge in [-0.2, -0.15) is 13.2 Å². The Morgan fingerprint density at radius 1 is 1.13 bits per heavy atom. The topological polar surface area (TPSA) is 64.1 Å². The minimum Gasteiger partial charge on any atom is -0.493 e. The lowest BCUT2D eigenvalue weighted by molar-refractivity contribution is -0.140. The van der Waals surface area contributed by atoms with E-state index in [9.17, 15) is 18.0 Å². The molecule has 0 aliphatic carbocycles. The summed E-state index contributed by atoms with van der Waals surface area (Å²) in [7, 11) is 2.98. The van der Waals surface area contributed by atoms with E-state index >= 15 is 0 Å². The van der Waals surface area contributed by atoms with Gasteiger partial charge in [0, 0.05) is 30.8 Å². The Bertz CT molecular complexity index is 991. The van der Waals surface area contributed by atoms with Crippen LogP contribution >= 0.6 is 0 Å². The van der Waals surface area contributed by atoms with Gasteiger partial charge in [-0.3, -0.25) is 4.79 Å². The number of rotatable bonds is 5. The van der Waals surface area contributed by atoms with Crippen molar-refractivity contribution in [1.29, 1.82) is 0 Å². The molecule has 0 radical (unpaired) electrons. The Labute approximate surface area is 177 Å². The lowest BCUT2D eigenvalue weighted by Crippen LogP contribution is -2.37. The number of amides is 1. The molecule has 4 rings (SSSR count). The first kappa shape index (κ1) is 21.2. The van der Waals surface area contributed by atoms with Gasteiger partial charge in [0.1, 0.15) is 12.4 Å². The first-order chi connectivity index (χ1) is 14.8. The summed E-state index contributed by atoms with van der Waals surface area (Å²) in [5, 5.41) is 0. The number of alkyl halides is 3. The second kappa shape index (κ2) is 8.26. The van der Waals surface area contributed by atoms with E-state index < -0.39 is 18.6 Å². The minimum atomic E-state index is -4.49. The molecule has 10 heteroatoms. The zero-order valence-corrected chi connectivity index (χ0v) is 17.2. The number of methoxy groups -OCH3 is 2. The highest BCUT2D eigenvalue weighted by Crippen LogP contribution is 2.42. The van der Waals surface area contributed by atoms with Crippen molar-refractivity contribution in [2.24, 2.45) is 0 Å². The number of pyridine rings is 1. The average Bonchev–Trinajstić information content (AvgIpc) is 3.07. The number of fused-ring (bicyclic) bond motifs is 1. The quantitative estimate of drug-likeness (QED) is 0.716. The molecular weight excluding hydrogens is 415 g/mol. The number of carbonyl (C=O) groups excluding carboxylic acids is 1. The monoisotopic (exact) mass is 437 g/mol. The highest BCUT2D eigenvalue weighted by Gasteiger charge is 2.39. The molecule has 0 spiro atoms. The molecule has 0 atom stereocenters. The van der Waals surface area contributed by atoms with Crippen LogP contribution in [0.3, 0.4) is 0 Å². The smallest absolute Gasteiger partial charge is 0.406 e. The van der Waals surface area contributed by atoms with Gasteiger partial charge in [-0.1, -0.05) is 6.07 Å². The van der Waals surface area contributed by atoms with Crippen LogP contribution in [0, 0.1) is 0 Å². The summed E-state index contributed by atoms with van der Waals surface area (Å²) in [5.74, 6) is 0.723. The summed E-state index contributed by atoms with van der Waals surface area (Å²) >= 11 is 0. The van der Waals surface area contributed by atoms with Crippen LogP contribution in [0.5, 0.6) is 11.5 Å². The maximum Gasteiger partial charge on any atom is 0.406 e. The van der Waals surface area contributed by atoms with Crippen molar-refractivity contribution in [3.8, 4) is 22.8 Å². The molecule has 7 nitrogen and oxygen atoms in total. The van der Waals surface area contributed by atoms with Crippen LogP contribution in [-0.4, -0.2) is 69.0 Å². The second-order valence-electron chi connectivity index (χ2n) is 7.27. The van der Waals surface area contributed by atoms with Crippen molar-refractivity contribution in [1.82, 2.24) is 9.88 Å². The normalized spacial score (nSPS) is 16.5. The van der Waals surface area contributed by atoms with Crippen LogP contribution in [0.4, 0.5) is 19.0 Å². The summed E-state index contributed by atoms with van der Waals surface area (Å²) in [6, 6.07) is 6.80. The van der Waals surface area contributed by atoms with Crippen molar-refractivity contribution in [2.75, 3.05) is 52.0 Å². The molecule has 1 saturated heterocycles. The van der Waals surface area contributed by atoms with Crippen LogP contribution in [-0.2, 0) is 11.3 Å². The number of carbonyl (C=O) groups is 1. The highest BCUT2D eigenvalue weighted by molar-refractivity contribution is 6.01. The molecule has 2 aliphatic rings. The molecule has 2 aromatic rings. The fourth-order valence-electron chi connectivity index (χ4n) is 3.94. The largest absolute Gasteiger partial charge is 0.493 e. The molecule has 1 amide bonds. The number of nitrogens with zero attached hydrogens (tertiary/aromatic N) is 3. The lowest BCUT2D eigenvalue weighted by Gasteiger charge is -2.28. The van der Waals surface area contributed by atoms with E-state index in [1.807, 2.05) is 4.90 Å². The third-order valence-electron chi connectivity index (χ3n) is 5.34. The number of anilines is 1. The summed E-state index contributed by atoms with van der Waals surface area (Å²) in [5.41, 5.74) is 1.63. The van der Waals surface area contributed by atoms with Gasteiger partial charge in [-0.15, -0.1) is 0 Å². The van der Waals surface area contributed by atoms with E-state index in [1.165, 1.54) is 14.2 Å². The minimum absolute atomic E-state index is 0.181. The fraction of sp³-hybridized carbons (Fsp3) is 0.429. The molecule has 1 fully saturated rings. The molecule has 0 bridgehead atoms. The van der Waals surface area contributed by atoms with Crippen molar-refractivity contribution in [2.45, 2.75) is 12.7 Å². The third-order valence-corrected chi connectivity index (χ3v) is 5.34. The molecular formula is C21H22F3N3O4. The number of hydrogen-bond donors (Lipinski definition) is 0. The van der Waals surface area contributed by atoms with Crippen molar-refractivity contribution >= 4 is 11.7 Å². The van der Waals surface area contributed by atoms with Crippen LogP contribution in [0.2, 0.25) is 0 Å². The molecule has 2 aliphatic heterocycles. The molecule has 166 valence electrons. The van der Waals surface area contributed by atoms with Gasteiger partial charge in [0.05, 0.1) is 38.7 Å². The summed E-state index contributed by atoms with van der Waals surface area (Å²) in [6.45, 7) is 0.652. The number of benzene rings is 1. The fourth-order valence-corrected chi connectivity index (χ4v) is 3.94. The van der Waals surface area contributed by atoms with E-state index in [1.54, 1.807) is 24.3 Å². The van der Waals surface area contributed by atoms with E-state index in [2.05, 4.69) is 0 Å². The molecule has 0 unspecified atom stereocenters. The third kappa shape index (κ3) is 4.12. The summed E-state index contributed by atoms with van der Waals surface area (Å²) in [6.07, 6.45) is -4.49. The predicted molar refractivity (Wildman–Crippen MR) is 107 cm³/mol. The van der Waals surface area contributed by atoms with Crippen LogP contribution < -0.4 is 14.4 Å². The van der Waals surface area contributed by atoms with Crippen molar-refractivity contribution < 1.29 is 32.2 Å². The molecule has 1 aromatic heterocycles. The molecule has 3 heterocycles. The number of halogens is 3. The number of ether oxygens (including phenoxy) is 3.